The second-order valence-electron chi connectivity index (χ2n) is 6.85. The molecule has 2 aromatic rings. The molecule has 2 N–H and O–H groups in total. The highest BCUT2D eigenvalue weighted by atomic mass is 32.2. The summed E-state index contributed by atoms with van der Waals surface area (Å²) in [4.78, 5) is 43.3. The van der Waals surface area contributed by atoms with Crippen LogP contribution in [0, 0.1) is 0 Å². The molecule has 0 spiro atoms. The number of β-lactam (4-membered cyclic amide) rings is 1. The number of carboxylic acid groups (broad SMARTS) is 1. The van der Waals surface area contributed by atoms with Crippen molar-refractivity contribution in [2.24, 2.45) is 0 Å². The number of hydrogen-bond donors (Lipinski definition) is 2. The first-order valence-electron chi connectivity index (χ1n) is 9.30. The van der Waals surface area contributed by atoms with E-state index in [0.29, 0.717) is 17.1 Å². The van der Waals surface area contributed by atoms with Gasteiger partial charge in [0.1, 0.15) is 17.1 Å². The summed E-state index contributed by atoms with van der Waals surface area (Å²) in [7, 11) is 0. The molecular formula is C21H19N3O4S2. The zero-order chi connectivity index (χ0) is 21.1. The summed E-state index contributed by atoms with van der Waals surface area (Å²) in [5.41, 5.74) is 1.51. The Balaban J connectivity index is 1.43. The molecule has 1 aromatic carbocycles. The lowest BCUT2D eigenvalue weighted by molar-refractivity contribution is -0.150. The topological polar surface area (TPSA) is 99.6 Å². The van der Waals surface area contributed by atoms with Gasteiger partial charge in [0.15, 0.2) is 0 Å². The highest BCUT2D eigenvalue weighted by Gasteiger charge is 2.54. The number of thioether (sulfide) groups is 2. The third-order valence-corrected chi connectivity index (χ3v) is 7.25. The van der Waals surface area contributed by atoms with Crippen LogP contribution in [-0.4, -0.2) is 55.7 Å². The van der Waals surface area contributed by atoms with Crippen molar-refractivity contribution in [3.63, 3.8) is 0 Å². The average molecular weight is 442 g/mol. The minimum atomic E-state index is -1.11. The van der Waals surface area contributed by atoms with Crippen LogP contribution < -0.4 is 5.32 Å². The van der Waals surface area contributed by atoms with E-state index < -0.39 is 17.4 Å². The highest BCUT2D eigenvalue weighted by molar-refractivity contribution is 8.01. The molecule has 1 unspecified atom stereocenters. The van der Waals surface area contributed by atoms with E-state index >= 15 is 0 Å². The lowest BCUT2D eigenvalue weighted by atomic mass is 10.0. The number of fused-ring (bicyclic) bond motifs is 1. The second-order valence-corrected chi connectivity index (χ2v) is 9.01. The van der Waals surface area contributed by atoms with Crippen LogP contribution in [0.25, 0.3) is 0 Å². The lowest BCUT2D eigenvalue weighted by Crippen LogP contribution is -2.70. The van der Waals surface area contributed by atoms with Crippen LogP contribution in [0.1, 0.15) is 5.56 Å². The molecule has 30 heavy (non-hydrogen) atoms. The van der Waals surface area contributed by atoms with E-state index in [1.807, 2.05) is 30.3 Å². The fourth-order valence-corrected chi connectivity index (χ4v) is 5.80. The first kappa shape index (κ1) is 20.5. The third kappa shape index (κ3) is 4.22. The summed E-state index contributed by atoms with van der Waals surface area (Å²) >= 11 is 3.02. The summed E-state index contributed by atoms with van der Waals surface area (Å²) < 4.78 is 0. The predicted octanol–water partition coefficient (Wildman–Crippen LogP) is 2.15. The number of aliphatic carboxylic acids is 1. The Labute approximate surface area is 181 Å². The molecule has 2 aliphatic heterocycles. The van der Waals surface area contributed by atoms with Crippen LogP contribution in [0.5, 0.6) is 0 Å². The van der Waals surface area contributed by atoms with Gasteiger partial charge in [-0.15, -0.1) is 23.5 Å². The first-order valence-corrected chi connectivity index (χ1v) is 11.3. The van der Waals surface area contributed by atoms with E-state index in [2.05, 4.69) is 10.3 Å². The van der Waals surface area contributed by atoms with Gasteiger partial charge in [-0.25, -0.2) is 4.79 Å². The smallest absolute Gasteiger partial charge is 0.352 e. The highest BCUT2D eigenvalue weighted by Crippen LogP contribution is 2.41. The van der Waals surface area contributed by atoms with E-state index in [0.717, 1.165) is 10.5 Å². The zero-order valence-electron chi connectivity index (χ0n) is 15.9. The molecule has 0 radical (unpaired) electrons. The summed E-state index contributed by atoms with van der Waals surface area (Å²) in [6, 6.07) is 12.5. The number of rotatable bonds is 7. The van der Waals surface area contributed by atoms with E-state index in [1.54, 1.807) is 36.3 Å². The maximum Gasteiger partial charge on any atom is 0.352 e. The SMILES string of the molecule is O=C(Cc1cccnc1)N[C@@H]1C(=O)N2C(C(=O)O)=C(CSc3ccccc3)CSC12. The fraction of sp³-hybridized carbons (Fsp3) is 0.238. The summed E-state index contributed by atoms with van der Waals surface area (Å²) in [6.45, 7) is 0. The number of benzene rings is 1. The van der Waals surface area contributed by atoms with Crippen LogP contribution in [-0.2, 0) is 20.8 Å². The molecule has 2 atom stereocenters. The molecular weight excluding hydrogens is 422 g/mol. The Kier molecular flexibility index (Phi) is 6.10. The number of nitrogens with zero attached hydrogens (tertiary/aromatic N) is 2. The van der Waals surface area contributed by atoms with Gasteiger partial charge in [0.05, 0.1) is 6.42 Å². The van der Waals surface area contributed by atoms with Gasteiger partial charge in [-0.1, -0.05) is 24.3 Å². The number of carboxylic acids is 1. The largest absolute Gasteiger partial charge is 0.477 e. The van der Waals surface area contributed by atoms with E-state index in [-0.39, 0.29) is 23.9 Å². The van der Waals surface area contributed by atoms with E-state index in [1.165, 1.54) is 16.7 Å². The third-order valence-electron chi connectivity index (χ3n) is 4.81. The number of aromatic nitrogens is 1. The van der Waals surface area contributed by atoms with Gasteiger partial charge in [0.2, 0.25) is 5.91 Å². The molecule has 9 heteroatoms. The number of nitrogens with one attached hydrogen (secondary N) is 1. The number of hydrogen-bond acceptors (Lipinski definition) is 6. The second kappa shape index (κ2) is 8.93. The molecule has 0 bridgehead atoms. The fourth-order valence-electron chi connectivity index (χ4n) is 3.39. The van der Waals surface area contributed by atoms with Crippen molar-refractivity contribution < 1.29 is 19.5 Å². The van der Waals surface area contributed by atoms with Crippen LogP contribution in [0.2, 0.25) is 0 Å². The van der Waals surface area contributed by atoms with Crippen LogP contribution in [0.15, 0.2) is 71.0 Å². The molecule has 0 aliphatic carbocycles. The van der Waals surface area contributed by atoms with Gasteiger partial charge in [-0.3, -0.25) is 19.5 Å². The van der Waals surface area contributed by atoms with Gasteiger partial charge >= 0.3 is 5.97 Å². The monoisotopic (exact) mass is 441 g/mol. The first-order chi connectivity index (χ1) is 14.5. The maximum atomic E-state index is 12.7. The predicted molar refractivity (Wildman–Crippen MR) is 115 cm³/mol. The molecule has 1 aromatic heterocycles. The zero-order valence-corrected chi connectivity index (χ0v) is 17.5. The van der Waals surface area contributed by atoms with Crippen LogP contribution in [0.4, 0.5) is 0 Å². The lowest BCUT2D eigenvalue weighted by Gasteiger charge is -2.49. The normalized spacial score (nSPS) is 20.4. The maximum absolute atomic E-state index is 12.7. The molecule has 1 fully saturated rings. The van der Waals surface area contributed by atoms with Crippen molar-refractivity contribution in [3.8, 4) is 0 Å². The van der Waals surface area contributed by atoms with Gasteiger partial charge in [0.25, 0.3) is 5.91 Å². The van der Waals surface area contributed by atoms with Gasteiger partial charge in [0, 0.05) is 28.8 Å². The van der Waals surface area contributed by atoms with Crippen molar-refractivity contribution in [3.05, 3.63) is 71.7 Å². The van der Waals surface area contributed by atoms with Crippen molar-refractivity contribution in [1.29, 1.82) is 0 Å². The Morgan fingerprint density at radius 3 is 2.73 bits per heavy atom. The minimum absolute atomic E-state index is 0.0462. The summed E-state index contributed by atoms with van der Waals surface area (Å²) in [5.74, 6) is -0.783. The van der Waals surface area contributed by atoms with Gasteiger partial charge < -0.3 is 10.4 Å². The van der Waals surface area contributed by atoms with E-state index in [9.17, 15) is 19.5 Å². The Morgan fingerprint density at radius 1 is 1.23 bits per heavy atom. The summed E-state index contributed by atoms with van der Waals surface area (Å²) in [6.07, 6.45) is 3.35. The molecule has 7 nitrogen and oxygen atoms in total. The number of pyridine rings is 1. The number of carbonyl (C=O) groups excluding carboxylic acids is 2. The Hall–Kier alpha value is -2.78. The van der Waals surface area contributed by atoms with Crippen molar-refractivity contribution >= 4 is 41.3 Å². The molecule has 2 aliphatic rings. The van der Waals surface area contributed by atoms with Crippen molar-refractivity contribution in [2.45, 2.75) is 22.7 Å². The molecule has 0 saturated carbocycles. The molecule has 3 heterocycles. The minimum Gasteiger partial charge on any atom is -0.477 e. The number of amides is 2. The Bertz CT molecular complexity index is 998. The Morgan fingerprint density at radius 2 is 2.03 bits per heavy atom. The average Bonchev–Trinajstić information content (AvgIpc) is 2.76. The standard InChI is InChI=1S/C21H19N3O4S2/c25-16(9-13-5-4-8-22-10-13)23-17-19(26)24-18(21(27)28)14(12-30-20(17)24)11-29-15-6-2-1-3-7-15/h1-8,10,17,20H,9,11-12H2,(H,23,25)(H,27,28)/t17-,20?/m1/s1. The van der Waals surface area contributed by atoms with E-state index in [4.69, 9.17) is 0 Å². The summed E-state index contributed by atoms with van der Waals surface area (Å²) in [5, 5.41) is 12.1. The molecule has 2 amide bonds. The quantitative estimate of drug-likeness (QED) is 0.502. The molecule has 154 valence electrons. The van der Waals surface area contributed by atoms with Gasteiger partial charge in [-0.2, -0.15) is 0 Å². The van der Waals surface area contributed by atoms with Crippen molar-refractivity contribution in [1.82, 2.24) is 15.2 Å². The number of carbonyl (C=O) groups is 3. The van der Waals surface area contributed by atoms with Crippen LogP contribution in [0.3, 0.4) is 0 Å². The van der Waals surface area contributed by atoms with Crippen LogP contribution >= 0.6 is 23.5 Å². The molecule has 4 rings (SSSR count). The van der Waals surface area contributed by atoms with Crippen molar-refractivity contribution in [2.75, 3.05) is 11.5 Å². The molecule has 1 saturated heterocycles. The van der Waals surface area contributed by atoms with Gasteiger partial charge in [-0.05, 0) is 29.3 Å².